The average molecular weight is 308 g/mol. The number of aromatic amines is 1. The fraction of sp³-hybridized carbons (Fsp3) is 0.417. The monoisotopic (exact) mass is 308 g/mol. The fourth-order valence-electron chi connectivity index (χ4n) is 2.38. The lowest BCUT2D eigenvalue weighted by Gasteiger charge is -2.32. The third-order valence-corrected chi connectivity index (χ3v) is 4.79. The zero-order valence-electron chi connectivity index (χ0n) is 11.3. The van der Waals surface area contributed by atoms with Crippen molar-refractivity contribution in [3.05, 3.63) is 31.0 Å². The van der Waals surface area contributed by atoms with Gasteiger partial charge in [-0.15, -0.1) is 0 Å². The summed E-state index contributed by atoms with van der Waals surface area (Å²) < 4.78 is 27.0. The quantitative estimate of drug-likeness (QED) is 0.833. The van der Waals surface area contributed by atoms with E-state index >= 15 is 0 Å². The molecule has 2 aromatic heterocycles. The highest BCUT2D eigenvalue weighted by Gasteiger charge is 2.26. The largest absolute Gasteiger partial charge is 0.339 e. The van der Waals surface area contributed by atoms with Crippen LogP contribution in [0, 0.1) is 0 Å². The van der Waals surface area contributed by atoms with E-state index in [0.29, 0.717) is 12.5 Å². The van der Waals surface area contributed by atoms with Crippen LogP contribution in [0.15, 0.2) is 36.0 Å². The van der Waals surface area contributed by atoms with E-state index in [1.54, 1.807) is 18.5 Å². The molecule has 21 heavy (non-hydrogen) atoms. The number of H-pyrrole nitrogens is 1. The van der Waals surface area contributed by atoms with Crippen LogP contribution in [0.5, 0.6) is 0 Å². The van der Waals surface area contributed by atoms with Gasteiger partial charge in [-0.05, 0) is 18.9 Å². The molecule has 1 aliphatic heterocycles. The maximum atomic E-state index is 12.2. The average Bonchev–Trinajstić information content (AvgIpc) is 3.03. The van der Waals surface area contributed by atoms with Crippen LogP contribution in [-0.4, -0.2) is 47.5 Å². The lowest BCUT2D eigenvalue weighted by atomic mass is 10.1. The first-order valence-corrected chi connectivity index (χ1v) is 8.16. The molecule has 2 aromatic rings. The molecular formula is C12H16N6O2S. The van der Waals surface area contributed by atoms with E-state index in [0.717, 1.165) is 19.4 Å². The molecule has 0 saturated carbocycles. The molecule has 1 atom stereocenters. The lowest BCUT2D eigenvalue weighted by molar-refractivity contribution is 0.461. The van der Waals surface area contributed by atoms with Gasteiger partial charge in [-0.1, -0.05) is 0 Å². The molecule has 8 nitrogen and oxygen atoms in total. The minimum Gasteiger partial charge on any atom is -0.339 e. The van der Waals surface area contributed by atoms with Crippen molar-refractivity contribution in [2.45, 2.75) is 23.9 Å². The Balaban J connectivity index is 1.70. The summed E-state index contributed by atoms with van der Waals surface area (Å²) in [5, 5.41) is 0.0792. The van der Waals surface area contributed by atoms with E-state index < -0.39 is 10.0 Å². The highest BCUT2D eigenvalue weighted by atomic mass is 32.2. The maximum Gasteiger partial charge on any atom is 0.257 e. The number of aromatic nitrogens is 4. The number of rotatable bonds is 4. The molecule has 3 rings (SSSR count). The van der Waals surface area contributed by atoms with Crippen molar-refractivity contribution >= 4 is 16.0 Å². The van der Waals surface area contributed by atoms with Crippen molar-refractivity contribution in [2.75, 3.05) is 18.0 Å². The highest BCUT2D eigenvalue weighted by molar-refractivity contribution is 7.89. The number of nitrogens with zero attached hydrogens (tertiary/aromatic N) is 4. The summed E-state index contributed by atoms with van der Waals surface area (Å²) in [6, 6.07) is 1.59. The van der Waals surface area contributed by atoms with Crippen LogP contribution < -0.4 is 9.62 Å². The number of imidazole rings is 1. The summed E-state index contributed by atoms with van der Waals surface area (Å²) in [6.45, 7) is 1.38. The van der Waals surface area contributed by atoms with Crippen molar-refractivity contribution in [1.29, 1.82) is 0 Å². The molecular weight excluding hydrogens is 292 g/mol. The Morgan fingerprint density at radius 1 is 1.33 bits per heavy atom. The van der Waals surface area contributed by atoms with Crippen LogP contribution in [0.2, 0.25) is 0 Å². The Hall–Kier alpha value is -2.00. The van der Waals surface area contributed by atoms with Crippen molar-refractivity contribution in [3.8, 4) is 0 Å². The van der Waals surface area contributed by atoms with Gasteiger partial charge in [0.25, 0.3) is 10.0 Å². The number of piperidine rings is 1. The summed E-state index contributed by atoms with van der Waals surface area (Å²) in [4.78, 5) is 16.7. The topological polar surface area (TPSA) is 104 Å². The number of sulfonamides is 1. The van der Waals surface area contributed by atoms with Crippen molar-refractivity contribution in [2.24, 2.45) is 0 Å². The first kappa shape index (κ1) is 14.0. The molecule has 1 unspecified atom stereocenters. The van der Waals surface area contributed by atoms with Crippen LogP contribution >= 0.6 is 0 Å². The third-order valence-electron chi connectivity index (χ3n) is 3.34. The zero-order chi connectivity index (χ0) is 14.7. The van der Waals surface area contributed by atoms with Gasteiger partial charge in [0, 0.05) is 31.5 Å². The van der Waals surface area contributed by atoms with Crippen molar-refractivity contribution in [3.63, 3.8) is 0 Å². The SMILES string of the molecule is O=S(=O)(NC1CCCN(c2ncccn2)C1)c1cnc[nH]1. The third kappa shape index (κ3) is 3.19. The summed E-state index contributed by atoms with van der Waals surface area (Å²) in [7, 11) is -3.56. The number of hydrogen-bond acceptors (Lipinski definition) is 6. The molecule has 0 radical (unpaired) electrons. The van der Waals surface area contributed by atoms with Crippen molar-refractivity contribution in [1.82, 2.24) is 24.7 Å². The van der Waals surface area contributed by atoms with Crippen LogP contribution in [0.4, 0.5) is 5.95 Å². The molecule has 2 N–H and O–H groups in total. The predicted molar refractivity (Wildman–Crippen MR) is 76.2 cm³/mol. The summed E-state index contributed by atoms with van der Waals surface area (Å²) in [6.07, 6.45) is 7.68. The van der Waals surface area contributed by atoms with Crippen LogP contribution in [0.3, 0.4) is 0 Å². The Kier molecular flexibility index (Phi) is 3.84. The van der Waals surface area contributed by atoms with Gasteiger partial charge >= 0.3 is 0 Å². The van der Waals surface area contributed by atoms with Crippen LogP contribution in [0.25, 0.3) is 0 Å². The van der Waals surface area contributed by atoms with E-state index in [-0.39, 0.29) is 11.1 Å². The summed E-state index contributed by atoms with van der Waals surface area (Å²) in [5.74, 6) is 0.628. The summed E-state index contributed by atoms with van der Waals surface area (Å²) >= 11 is 0. The van der Waals surface area contributed by atoms with E-state index in [1.807, 2.05) is 4.90 Å². The minimum absolute atomic E-state index is 0.0792. The summed E-state index contributed by atoms with van der Waals surface area (Å²) in [5.41, 5.74) is 0. The molecule has 1 fully saturated rings. The standard InChI is InChI=1S/C12H16N6O2S/c19-21(20,11-7-13-9-16-11)17-10-3-1-6-18(8-10)12-14-4-2-5-15-12/h2,4-5,7,9-10,17H,1,3,6,8H2,(H,13,16). The fourth-order valence-corrected chi connectivity index (χ4v) is 3.55. The number of anilines is 1. The first-order chi connectivity index (χ1) is 10.1. The molecule has 0 amide bonds. The normalized spacial score (nSPS) is 19.6. The Labute approximate surface area is 122 Å². The zero-order valence-corrected chi connectivity index (χ0v) is 12.1. The van der Waals surface area contributed by atoms with E-state index in [2.05, 4.69) is 24.7 Å². The molecule has 3 heterocycles. The van der Waals surface area contributed by atoms with Gasteiger partial charge in [0.2, 0.25) is 5.95 Å². The second-order valence-electron chi connectivity index (χ2n) is 4.87. The molecule has 0 bridgehead atoms. The van der Waals surface area contributed by atoms with E-state index in [9.17, 15) is 8.42 Å². The molecule has 0 aromatic carbocycles. The first-order valence-electron chi connectivity index (χ1n) is 6.68. The highest BCUT2D eigenvalue weighted by Crippen LogP contribution is 2.16. The van der Waals surface area contributed by atoms with Gasteiger partial charge in [0.1, 0.15) is 0 Å². The molecule has 1 aliphatic rings. The van der Waals surface area contributed by atoms with Gasteiger partial charge in [-0.3, -0.25) is 0 Å². The van der Waals surface area contributed by atoms with Gasteiger partial charge in [0.15, 0.2) is 5.03 Å². The predicted octanol–water partition coefficient (Wildman–Crippen LogP) is 0.147. The molecule has 0 aliphatic carbocycles. The Morgan fingerprint density at radius 3 is 2.86 bits per heavy atom. The molecule has 1 saturated heterocycles. The molecule has 9 heteroatoms. The van der Waals surface area contributed by atoms with Crippen molar-refractivity contribution < 1.29 is 8.42 Å². The Morgan fingerprint density at radius 2 is 2.14 bits per heavy atom. The molecule has 0 spiro atoms. The van der Waals surface area contributed by atoms with Crippen LogP contribution in [0.1, 0.15) is 12.8 Å². The Bertz CT molecular complexity index is 673. The van der Waals surface area contributed by atoms with E-state index in [4.69, 9.17) is 0 Å². The van der Waals surface area contributed by atoms with Crippen LogP contribution in [-0.2, 0) is 10.0 Å². The van der Waals surface area contributed by atoms with E-state index in [1.165, 1.54) is 12.5 Å². The van der Waals surface area contributed by atoms with Gasteiger partial charge in [-0.25, -0.2) is 28.1 Å². The van der Waals surface area contributed by atoms with Gasteiger partial charge in [0.05, 0.1) is 12.5 Å². The van der Waals surface area contributed by atoms with Gasteiger partial charge in [-0.2, -0.15) is 0 Å². The smallest absolute Gasteiger partial charge is 0.257 e. The molecule has 112 valence electrons. The maximum absolute atomic E-state index is 12.2. The minimum atomic E-state index is -3.56. The number of nitrogens with one attached hydrogen (secondary N) is 2. The number of hydrogen-bond donors (Lipinski definition) is 2. The second kappa shape index (κ2) is 5.78. The lowest BCUT2D eigenvalue weighted by Crippen LogP contribution is -2.48. The van der Waals surface area contributed by atoms with Gasteiger partial charge < -0.3 is 9.88 Å². The second-order valence-corrected chi connectivity index (χ2v) is 6.55.